The van der Waals surface area contributed by atoms with Gasteiger partial charge in [0.1, 0.15) is 19.0 Å². The van der Waals surface area contributed by atoms with E-state index in [4.69, 9.17) is 32.7 Å². The molecule has 0 heterocycles. The molecule has 2 aromatic carbocycles. The highest BCUT2D eigenvalue weighted by Crippen LogP contribution is 2.36. The zero-order chi connectivity index (χ0) is 18.6. The molecule has 134 valence electrons. The quantitative estimate of drug-likeness (QED) is 0.575. The van der Waals surface area contributed by atoms with Crippen LogP contribution in [-0.2, 0) is 10.9 Å². The van der Waals surface area contributed by atoms with Crippen molar-refractivity contribution in [2.45, 2.75) is 6.18 Å². The summed E-state index contributed by atoms with van der Waals surface area (Å²) in [5, 5.41) is 9.46. The van der Waals surface area contributed by atoms with Crippen LogP contribution in [0, 0.1) is 0 Å². The summed E-state index contributed by atoms with van der Waals surface area (Å²) in [4.78, 5) is 11.8. The van der Waals surface area contributed by atoms with Crippen molar-refractivity contribution in [1.29, 1.82) is 0 Å². The van der Waals surface area contributed by atoms with E-state index in [0.29, 0.717) is 0 Å². The molecule has 0 atom stereocenters. The number of carbonyl (C=O) groups excluding carboxylic acids is 1. The second-order valence-electron chi connectivity index (χ2n) is 4.80. The lowest BCUT2D eigenvalue weighted by molar-refractivity contribution is -0.137. The molecule has 9 heteroatoms. The van der Waals surface area contributed by atoms with Crippen LogP contribution in [0.1, 0.15) is 15.9 Å². The molecule has 2 rings (SSSR count). The van der Waals surface area contributed by atoms with Crippen molar-refractivity contribution in [2.75, 3.05) is 13.2 Å². The zero-order valence-corrected chi connectivity index (χ0v) is 14.0. The summed E-state index contributed by atoms with van der Waals surface area (Å²) in [6, 6.07) is 6.11. The minimum Gasteiger partial charge on any atom is -0.508 e. The zero-order valence-electron chi connectivity index (χ0n) is 12.4. The number of benzene rings is 2. The fourth-order valence-electron chi connectivity index (χ4n) is 1.84. The van der Waals surface area contributed by atoms with Crippen molar-refractivity contribution in [3.63, 3.8) is 0 Å². The predicted octanol–water partition coefficient (Wildman–Crippen LogP) is 4.95. The highest BCUT2D eigenvalue weighted by Gasteiger charge is 2.30. The Morgan fingerprint density at radius 1 is 1.04 bits per heavy atom. The van der Waals surface area contributed by atoms with Crippen molar-refractivity contribution < 1.29 is 32.5 Å². The lowest BCUT2D eigenvalue weighted by atomic mass is 10.1. The van der Waals surface area contributed by atoms with Crippen molar-refractivity contribution in [3.8, 4) is 11.5 Å². The normalized spacial score (nSPS) is 11.2. The lowest BCUT2D eigenvalue weighted by Crippen LogP contribution is -2.13. The van der Waals surface area contributed by atoms with Gasteiger partial charge >= 0.3 is 12.1 Å². The van der Waals surface area contributed by atoms with Crippen molar-refractivity contribution in [2.24, 2.45) is 0 Å². The van der Waals surface area contributed by atoms with Gasteiger partial charge in [0.15, 0.2) is 5.75 Å². The maximum atomic E-state index is 12.5. The standard InChI is InChI=1S/C16H11Cl2F3O4/c17-12-7-11(22)8-13(18)14(12)24-5-6-25-15(23)9-1-3-10(4-2-9)16(19,20)21/h1-4,7-8,22H,5-6H2. The lowest BCUT2D eigenvalue weighted by Gasteiger charge is -2.11. The van der Waals surface area contributed by atoms with Gasteiger partial charge < -0.3 is 14.6 Å². The second kappa shape index (κ2) is 7.84. The first-order valence-electron chi connectivity index (χ1n) is 6.83. The maximum Gasteiger partial charge on any atom is 0.416 e. The Labute approximate surface area is 150 Å². The van der Waals surface area contributed by atoms with Crippen LogP contribution >= 0.6 is 23.2 Å². The molecule has 4 nitrogen and oxygen atoms in total. The van der Waals surface area contributed by atoms with E-state index in [2.05, 4.69) is 0 Å². The number of aromatic hydroxyl groups is 1. The number of hydrogen-bond donors (Lipinski definition) is 1. The summed E-state index contributed by atoms with van der Waals surface area (Å²) in [5.41, 5.74) is -0.877. The molecular weight excluding hydrogens is 384 g/mol. The number of carbonyl (C=O) groups is 1. The van der Waals surface area contributed by atoms with Gasteiger partial charge in [0.2, 0.25) is 0 Å². The molecule has 1 N–H and O–H groups in total. The molecule has 0 saturated carbocycles. The van der Waals surface area contributed by atoms with Crippen LogP contribution in [0.25, 0.3) is 0 Å². The van der Waals surface area contributed by atoms with Gasteiger partial charge in [0, 0.05) is 12.1 Å². The molecule has 0 amide bonds. The van der Waals surface area contributed by atoms with Gasteiger partial charge in [-0.2, -0.15) is 13.2 Å². The first kappa shape index (κ1) is 19.2. The van der Waals surface area contributed by atoms with Crippen molar-refractivity contribution in [3.05, 3.63) is 57.6 Å². The summed E-state index contributed by atoms with van der Waals surface area (Å²) in [6.07, 6.45) is -4.47. The largest absolute Gasteiger partial charge is 0.508 e. The van der Waals surface area contributed by atoms with E-state index in [1.54, 1.807) is 0 Å². The number of esters is 1. The Hall–Kier alpha value is -2.12. The molecule has 0 bridgehead atoms. The number of alkyl halides is 3. The molecule has 2 aromatic rings. The summed E-state index contributed by atoms with van der Waals surface area (Å²) in [5.74, 6) is -0.803. The summed E-state index contributed by atoms with van der Waals surface area (Å²) in [6.45, 7) is -0.260. The van der Waals surface area contributed by atoms with Gasteiger partial charge in [-0.25, -0.2) is 4.79 Å². The Morgan fingerprint density at radius 2 is 1.60 bits per heavy atom. The van der Waals surface area contributed by atoms with E-state index in [1.807, 2.05) is 0 Å². The number of ether oxygens (including phenoxy) is 2. The van der Waals surface area contributed by atoms with Gasteiger partial charge in [-0.3, -0.25) is 0 Å². The minimum absolute atomic E-state index is 0.0197. The average Bonchev–Trinajstić information content (AvgIpc) is 2.52. The molecule has 0 aliphatic rings. The van der Waals surface area contributed by atoms with Crippen molar-refractivity contribution in [1.82, 2.24) is 0 Å². The molecule has 0 spiro atoms. The highest BCUT2D eigenvalue weighted by atomic mass is 35.5. The number of halogens is 5. The topological polar surface area (TPSA) is 55.8 Å². The monoisotopic (exact) mass is 394 g/mol. The van der Waals surface area contributed by atoms with Gasteiger partial charge in [0.05, 0.1) is 21.2 Å². The molecule has 0 saturated heterocycles. The van der Waals surface area contributed by atoms with Gasteiger partial charge in [0.25, 0.3) is 0 Å². The number of phenolic OH excluding ortho intramolecular Hbond substituents is 1. The number of phenols is 1. The second-order valence-corrected chi connectivity index (χ2v) is 5.61. The van der Waals surface area contributed by atoms with Crippen LogP contribution in [0.3, 0.4) is 0 Å². The Morgan fingerprint density at radius 3 is 2.12 bits per heavy atom. The van der Waals surface area contributed by atoms with Crippen LogP contribution in [-0.4, -0.2) is 24.3 Å². The Kier molecular flexibility index (Phi) is 6.02. The van der Waals surface area contributed by atoms with E-state index in [9.17, 15) is 23.1 Å². The fourth-order valence-corrected chi connectivity index (χ4v) is 2.43. The predicted molar refractivity (Wildman–Crippen MR) is 85.3 cm³/mol. The molecule has 0 aliphatic heterocycles. The van der Waals surface area contributed by atoms with Crippen LogP contribution in [0.4, 0.5) is 13.2 Å². The van der Waals surface area contributed by atoms with Gasteiger partial charge in [-0.1, -0.05) is 23.2 Å². The van der Waals surface area contributed by atoms with E-state index < -0.39 is 17.7 Å². The number of rotatable bonds is 5. The van der Waals surface area contributed by atoms with Crippen LogP contribution in [0.2, 0.25) is 10.0 Å². The Balaban J connectivity index is 1.87. The molecule has 0 aliphatic carbocycles. The third-order valence-electron chi connectivity index (χ3n) is 2.99. The average molecular weight is 395 g/mol. The Bertz CT molecular complexity index is 738. The smallest absolute Gasteiger partial charge is 0.416 e. The van der Waals surface area contributed by atoms with E-state index >= 15 is 0 Å². The molecular formula is C16H11Cl2F3O4. The van der Waals surface area contributed by atoms with Crippen molar-refractivity contribution >= 4 is 29.2 Å². The van der Waals surface area contributed by atoms with Gasteiger partial charge in [-0.05, 0) is 24.3 Å². The van der Waals surface area contributed by atoms with Crippen LogP contribution < -0.4 is 4.74 Å². The molecule has 0 radical (unpaired) electrons. The molecule has 0 aromatic heterocycles. The first-order valence-corrected chi connectivity index (χ1v) is 7.59. The number of hydrogen-bond acceptors (Lipinski definition) is 4. The maximum absolute atomic E-state index is 12.5. The summed E-state index contributed by atoms with van der Waals surface area (Å²) < 4.78 is 47.5. The summed E-state index contributed by atoms with van der Waals surface area (Å²) in [7, 11) is 0. The third-order valence-corrected chi connectivity index (χ3v) is 3.56. The third kappa shape index (κ3) is 5.17. The van der Waals surface area contributed by atoms with E-state index in [0.717, 1.165) is 24.3 Å². The summed E-state index contributed by atoms with van der Waals surface area (Å²) >= 11 is 11.7. The highest BCUT2D eigenvalue weighted by molar-refractivity contribution is 6.37. The van der Waals surface area contributed by atoms with E-state index in [-0.39, 0.29) is 40.3 Å². The molecule has 0 unspecified atom stereocenters. The van der Waals surface area contributed by atoms with Gasteiger partial charge in [-0.15, -0.1) is 0 Å². The van der Waals surface area contributed by atoms with Crippen LogP contribution in [0.15, 0.2) is 36.4 Å². The molecule has 25 heavy (non-hydrogen) atoms. The molecule has 0 fully saturated rings. The minimum atomic E-state index is -4.47. The first-order chi connectivity index (χ1) is 11.7. The van der Waals surface area contributed by atoms with E-state index in [1.165, 1.54) is 12.1 Å². The SMILES string of the molecule is O=C(OCCOc1c(Cl)cc(O)cc1Cl)c1ccc(C(F)(F)F)cc1. The fraction of sp³-hybridized carbons (Fsp3) is 0.188. The van der Waals surface area contributed by atoms with Crippen LogP contribution in [0.5, 0.6) is 11.5 Å².